The van der Waals surface area contributed by atoms with Crippen LogP contribution < -0.4 is 21.1 Å². The number of carbonyl (C=O) groups excluding carboxylic acids is 2. The number of alkyl halides is 3. The van der Waals surface area contributed by atoms with Gasteiger partial charge in [0.25, 0.3) is 5.91 Å². The highest BCUT2D eigenvalue weighted by Gasteiger charge is 2.33. The second-order valence-electron chi connectivity index (χ2n) is 6.98. The number of primary amides is 1. The van der Waals surface area contributed by atoms with Gasteiger partial charge in [0.15, 0.2) is 11.5 Å². The molecule has 170 valence electrons. The Balaban J connectivity index is 1.54. The molecule has 1 saturated heterocycles. The fraction of sp³-hybridized carbons (Fsp3) is 0.200. The van der Waals surface area contributed by atoms with Gasteiger partial charge in [0.2, 0.25) is 11.8 Å². The van der Waals surface area contributed by atoms with Gasteiger partial charge in [-0.3, -0.25) is 9.59 Å². The van der Waals surface area contributed by atoms with E-state index < -0.39 is 23.8 Å². The number of aromatic nitrogens is 4. The van der Waals surface area contributed by atoms with E-state index in [2.05, 4.69) is 30.8 Å². The van der Waals surface area contributed by atoms with Crippen LogP contribution in [0.2, 0.25) is 0 Å². The molecular formula is C20H16F3N7O3. The monoisotopic (exact) mass is 459 g/mol. The summed E-state index contributed by atoms with van der Waals surface area (Å²) in [6.45, 7) is 0.530. The summed E-state index contributed by atoms with van der Waals surface area (Å²) in [7, 11) is 0. The number of nitrogens with zero attached hydrogens (tertiary/aromatic N) is 4. The zero-order chi connectivity index (χ0) is 23.6. The quantitative estimate of drug-likeness (QED) is 0.508. The summed E-state index contributed by atoms with van der Waals surface area (Å²) in [5.74, 6) is -0.352. The molecule has 33 heavy (non-hydrogen) atoms. The molecule has 1 fully saturated rings. The molecule has 2 amide bonds. The molecule has 0 saturated carbocycles. The molecule has 4 N–H and O–H groups in total. The SMILES string of the molecule is NC(=O)c1cc(NC2CCNC2=O)nc(-c2ccc(Oc3ccc(C(F)(F)F)nn3)cc2)n1. The number of halogens is 3. The molecule has 0 radical (unpaired) electrons. The molecule has 1 aliphatic rings. The summed E-state index contributed by atoms with van der Waals surface area (Å²) < 4.78 is 43.2. The molecule has 0 aliphatic carbocycles. The molecule has 4 rings (SSSR count). The number of rotatable bonds is 6. The van der Waals surface area contributed by atoms with Crippen LogP contribution in [-0.2, 0) is 11.0 Å². The standard InChI is InChI=1S/C20H16F3N7O3/c21-20(22,23)14-5-6-16(30-29-14)33-11-3-1-10(2-4-11)18-27-13(17(24)31)9-15(28-18)26-12-7-8-25-19(12)32/h1-6,9,12H,7-8H2,(H2,24,31)(H,25,32)(H,26,27,28). The number of ether oxygens (including phenoxy) is 1. The maximum absolute atomic E-state index is 12.6. The van der Waals surface area contributed by atoms with Gasteiger partial charge in [0.05, 0.1) is 0 Å². The van der Waals surface area contributed by atoms with Gasteiger partial charge in [-0.1, -0.05) is 0 Å². The number of hydrogen-bond acceptors (Lipinski definition) is 8. The summed E-state index contributed by atoms with van der Waals surface area (Å²) in [4.78, 5) is 32.0. The fourth-order valence-corrected chi connectivity index (χ4v) is 3.01. The Kier molecular flexibility index (Phi) is 5.77. The van der Waals surface area contributed by atoms with Gasteiger partial charge in [-0.25, -0.2) is 9.97 Å². The molecule has 1 atom stereocenters. The number of hydrogen-bond donors (Lipinski definition) is 3. The Morgan fingerprint density at radius 3 is 2.45 bits per heavy atom. The summed E-state index contributed by atoms with van der Waals surface area (Å²) in [5, 5.41) is 12.2. The summed E-state index contributed by atoms with van der Waals surface area (Å²) in [5.41, 5.74) is 4.71. The van der Waals surface area contributed by atoms with Crippen LogP contribution in [-0.4, -0.2) is 44.6 Å². The predicted octanol–water partition coefficient (Wildman–Crippen LogP) is 2.14. The van der Waals surface area contributed by atoms with Gasteiger partial charge in [0.1, 0.15) is 23.3 Å². The number of amides is 2. The van der Waals surface area contributed by atoms with Crippen molar-refractivity contribution in [2.45, 2.75) is 18.6 Å². The van der Waals surface area contributed by atoms with Crippen LogP contribution in [0.25, 0.3) is 11.4 Å². The Bertz CT molecular complexity index is 1190. The Labute approximate surface area is 184 Å². The van der Waals surface area contributed by atoms with Crippen molar-refractivity contribution in [2.75, 3.05) is 11.9 Å². The van der Waals surface area contributed by atoms with E-state index in [0.29, 0.717) is 18.5 Å². The van der Waals surface area contributed by atoms with Crippen LogP contribution >= 0.6 is 0 Å². The van der Waals surface area contributed by atoms with E-state index in [0.717, 1.165) is 12.1 Å². The minimum Gasteiger partial charge on any atom is -0.438 e. The van der Waals surface area contributed by atoms with Crippen LogP contribution in [0.3, 0.4) is 0 Å². The first-order valence-corrected chi connectivity index (χ1v) is 9.61. The van der Waals surface area contributed by atoms with Gasteiger partial charge in [-0.15, -0.1) is 10.2 Å². The van der Waals surface area contributed by atoms with Crippen molar-refractivity contribution >= 4 is 17.6 Å². The van der Waals surface area contributed by atoms with Gasteiger partial charge in [0, 0.05) is 24.2 Å². The zero-order valence-corrected chi connectivity index (χ0v) is 16.8. The lowest BCUT2D eigenvalue weighted by Gasteiger charge is -2.13. The third kappa shape index (κ3) is 5.14. The van der Waals surface area contributed by atoms with E-state index in [1.54, 1.807) is 12.1 Å². The van der Waals surface area contributed by atoms with Crippen molar-refractivity contribution < 1.29 is 27.5 Å². The van der Waals surface area contributed by atoms with Crippen LogP contribution in [0.1, 0.15) is 22.6 Å². The summed E-state index contributed by atoms with van der Waals surface area (Å²) in [6, 6.07) is 8.89. The van der Waals surface area contributed by atoms with E-state index in [4.69, 9.17) is 10.5 Å². The highest BCUT2D eigenvalue weighted by molar-refractivity contribution is 5.92. The number of nitrogens with two attached hydrogens (primary N) is 1. The second kappa shape index (κ2) is 8.68. The smallest absolute Gasteiger partial charge is 0.435 e. The molecule has 13 heteroatoms. The summed E-state index contributed by atoms with van der Waals surface area (Å²) >= 11 is 0. The second-order valence-corrected chi connectivity index (χ2v) is 6.98. The molecule has 10 nitrogen and oxygen atoms in total. The van der Waals surface area contributed by atoms with Crippen LogP contribution in [0.15, 0.2) is 42.5 Å². The van der Waals surface area contributed by atoms with Crippen molar-refractivity contribution in [3.63, 3.8) is 0 Å². The van der Waals surface area contributed by atoms with E-state index in [1.807, 2.05) is 0 Å². The highest BCUT2D eigenvalue weighted by Crippen LogP contribution is 2.29. The minimum absolute atomic E-state index is 0.0405. The first-order chi connectivity index (χ1) is 15.7. The third-order valence-electron chi connectivity index (χ3n) is 4.61. The summed E-state index contributed by atoms with van der Waals surface area (Å²) in [6.07, 6.45) is -4.04. The number of anilines is 1. The Morgan fingerprint density at radius 2 is 1.88 bits per heavy atom. The van der Waals surface area contributed by atoms with Crippen LogP contribution in [0.5, 0.6) is 11.6 Å². The van der Waals surface area contributed by atoms with Gasteiger partial charge < -0.3 is 21.1 Å². The molecule has 1 aliphatic heterocycles. The van der Waals surface area contributed by atoms with Gasteiger partial charge in [-0.2, -0.15) is 13.2 Å². The van der Waals surface area contributed by atoms with Crippen molar-refractivity contribution in [3.8, 4) is 23.0 Å². The van der Waals surface area contributed by atoms with E-state index in [1.165, 1.54) is 18.2 Å². The van der Waals surface area contributed by atoms with E-state index in [-0.39, 0.29) is 34.9 Å². The number of benzene rings is 1. The van der Waals surface area contributed by atoms with Gasteiger partial charge in [-0.05, 0) is 36.8 Å². The van der Waals surface area contributed by atoms with E-state index in [9.17, 15) is 22.8 Å². The maximum Gasteiger partial charge on any atom is 0.435 e. The number of carbonyl (C=O) groups is 2. The van der Waals surface area contributed by atoms with Crippen LogP contribution in [0, 0.1) is 0 Å². The van der Waals surface area contributed by atoms with Crippen molar-refractivity contribution in [3.05, 3.63) is 53.9 Å². The number of nitrogens with one attached hydrogen (secondary N) is 2. The molecule has 0 spiro atoms. The normalized spacial score (nSPS) is 15.7. The maximum atomic E-state index is 12.6. The van der Waals surface area contributed by atoms with Crippen molar-refractivity contribution in [2.24, 2.45) is 5.73 Å². The molecule has 1 aromatic carbocycles. The van der Waals surface area contributed by atoms with Gasteiger partial charge >= 0.3 is 6.18 Å². The first-order valence-electron chi connectivity index (χ1n) is 9.61. The predicted molar refractivity (Wildman–Crippen MR) is 108 cm³/mol. The Morgan fingerprint density at radius 1 is 1.12 bits per heavy atom. The topological polar surface area (TPSA) is 145 Å². The fourth-order valence-electron chi connectivity index (χ4n) is 3.01. The molecule has 3 aromatic rings. The van der Waals surface area contributed by atoms with E-state index >= 15 is 0 Å². The lowest BCUT2D eigenvalue weighted by molar-refractivity contribution is -0.141. The molecule has 1 unspecified atom stereocenters. The molecule has 0 bridgehead atoms. The Hall–Kier alpha value is -4.29. The lowest BCUT2D eigenvalue weighted by Crippen LogP contribution is -2.30. The van der Waals surface area contributed by atoms with Crippen LogP contribution in [0.4, 0.5) is 19.0 Å². The van der Waals surface area contributed by atoms with Crippen molar-refractivity contribution in [1.29, 1.82) is 0 Å². The zero-order valence-electron chi connectivity index (χ0n) is 16.8. The largest absolute Gasteiger partial charge is 0.438 e. The average Bonchev–Trinajstić information content (AvgIpc) is 3.18. The lowest BCUT2D eigenvalue weighted by atomic mass is 10.2. The molecule has 3 heterocycles. The first kappa shape index (κ1) is 21.9. The minimum atomic E-state index is -4.60. The van der Waals surface area contributed by atoms with Crippen molar-refractivity contribution in [1.82, 2.24) is 25.5 Å². The average molecular weight is 459 g/mol. The third-order valence-corrected chi connectivity index (χ3v) is 4.61. The highest BCUT2D eigenvalue weighted by atomic mass is 19.4. The molecule has 2 aromatic heterocycles. The molecular weight excluding hydrogens is 443 g/mol.